The predicted molar refractivity (Wildman–Crippen MR) is 61.8 cm³/mol. The summed E-state index contributed by atoms with van der Waals surface area (Å²) in [7, 11) is 1.42. The molecular weight excluding hydrogens is 245 g/mol. The molecule has 0 aromatic heterocycles. The van der Waals surface area contributed by atoms with Crippen LogP contribution in [0.25, 0.3) is 0 Å². The first kappa shape index (κ1) is 14.3. The fourth-order valence-electron chi connectivity index (χ4n) is 1.40. The van der Waals surface area contributed by atoms with Crippen LogP contribution in [0.2, 0.25) is 0 Å². The predicted octanol–water partition coefficient (Wildman–Crippen LogP) is 3.78. The molecule has 1 aromatic carbocycles. The molecule has 98 valence electrons. The first-order chi connectivity index (χ1) is 8.38. The SMILES string of the molecule is CC/C(=C\C(=O)c1cccc(OC)c1)C(F)(F)F. The molecule has 0 N–H and O–H groups in total. The lowest BCUT2D eigenvalue weighted by Crippen LogP contribution is -2.13. The van der Waals surface area contributed by atoms with Crippen molar-refractivity contribution in [3.8, 4) is 5.75 Å². The molecule has 0 aliphatic carbocycles. The van der Waals surface area contributed by atoms with E-state index in [1.165, 1.54) is 26.2 Å². The Hall–Kier alpha value is -1.78. The van der Waals surface area contributed by atoms with Gasteiger partial charge in [-0.15, -0.1) is 0 Å². The third-order valence-corrected chi connectivity index (χ3v) is 2.40. The third kappa shape index (κ3) is 3.61. The molecule has 0 spiro atoms. The molecule has 0 saturated heterocycles. The van der Waals surface area contributed by atoms with E-state index in [0.29, 0.717) is 11.8 Å². The van der Waals surface area contributed by atoms with E-state index >= 15 is 0 Å². The number of ether oxygens (including phenoxy) is 1. The summed E-state index contributed by atoms with van der Waals surface area (Å²) in [4.78, 5) is 11.7. The van der Waals surface area contributed by atoms with Crippen molar-refractivity contribution in [1.29, 1.82) is 0 Å². The average Bonchev–Trinajstić information content (AvgIpc) is 2.34. The van der Waals surface area contributed by atoms with E-state index in [0.717, 1.165) is 0 Å². The molecule has 0 unspecified atom stereocenters. The Balaban J connectivity index is 3.03. The van der Waals surface area contributed by atoms with Gasteiger partial charge in [0.1, 0.15) is 5.75 Å². The molecule has 2 nitrogen and oxygen atoms in total. The average molecular weight is 258 g/mol. The zero-order valence-electron chi connectivity index (χ0n) is 10.0. The molecule has 0 fully saturated rings. The van der Waals surface area contributed by atoms with Gasteiger partial charge in [0.2, 0.25) is 0 Å². The van der Waals surface area contributed by atoms with Crippen LogP contribution in [0, 0.1) is 0 Å². The summed E-state index contributed by atoms with van der Waals surface area (Å²) in [6.45, 7) is 1.36. The van der Waals surface area contributed by atoms with Crippen LogP contribution in [0.3, 0.4) is 0 Å². The van der Waals surface area contributed by atoms with Crippen LogP contribution in [0.5, 0.6) is 5.75 Å². The number of hydrogen-bond donors (Lipinski definition) is 0. The number of benzene rings is 1. The van der Waals surface area contributed by atoms with E-state index < -0.39 is 17.5 Å². The molecule has 0 aliphatic heterocycles. The summed E-state index contributed by atoms with van der Waals surface area (Å²) in [6, 6.07) is 6.03. The molecule has 0 amide bonds. The molecule has 0 atom stereocenters. The van der Waals surface area contributed by atoms with Gasteiger partial charge in [-0.1, -0.05) is 19.1 Å². The maximum Gasteiger partial charge on any atom is 0.412 e. The highest BCUT2D eigenvalue weighted by atomic mass is 19.4. The molecule has 0 heterocycles. The Bertz CT molecular complexity index is 462. The van der Waals surface area contributed by atoms with Gasteiger partial charge in [0.05, 0.1) is 7.11 Å². The summed E-state index contributed by atoms with van der Waals surface area (Å²) in [5, 5.41) is 0. The van der Waals surface area contributed by atoms with Crippen molar-refractivity contribution >= 4 is 5.78 Å². The van der Waals surface area contributed by atoms with Crippen LogP contribution < -0.4 is 4.74 Å². The number of carbonyl (C=O) groups excluding carboxylic acids is 1. The summed E-state index contributed by atoms with van der Waals surface area (Å²) in [5.74, 6) is -0.248. The van der Waals surface area contributed by atoms with E-state index in [4.69, 9.17) is 4.74 Å². The molecule has 0 radical (unpaired) electrons. The largest absolute Gasteiger partial charge is 0.497 e. The molecule has 0 aliphatic rings. The number of methoxy groups -OCH3 is 1. The van der Waals surface area contributed by atoms with Gasteiger partial charge in [-0.2, -0.15) is 13.2 Å². The standard InChI is InChI=1S/C13H13F3O2/c1-3-10(13(14,15)16)8-12(17)9-5-4-6-11(7-9)18-2/h4-8H,3H2,1-2H3/b10-8+. The van der Waals surface area contributed by atoms with E-state index in [2.05, 4.69) is 0 Å². The fourth-order valence-corrected chi connectivity index (χ4v) is 1.40. The molecule has 5 heteroatoms. The highest BCUT2D eigenvalue weighted by Crippen LogP contribution is 2.28. The van der Waals surface area contributed by atoms with Gasteiger partial charge < -0.3 is 4.74 Å². The molecule has 0 saturated carbocycles. The minimum absolute atomic E-state index is 0.171. The Kier molecular flexibility index (Phi) is 4.53. The lowest BCUT2D eigenvalue weighted by Gasteiger charge is -2.09. The number of rotatable bonds is 4. The van der Waals surface area contributed by atoms with E-state index in [1.54, 1.807) is 12.1 Å². The van der Waals surface area contributed by atoms with Crippen LogP contribution in [-0.4, -0.2) is 19.1 Å². The number of hydrogen-bond acceptors (Lipinski definition) is 2. The second-order valence-electron chi connectivity index (χ2n) is 3.62. The van der Waals surface area contributed by atoms with Gasteiger partial charge in [0, 0.05) is 11.1 Å². The van der Waals surface area contributed by atoms with Crippen molar-refractivity contribution in [1.82, 2.24) is 0 Å². The first-order valence-electron chi connectivity index (χ1n) is 5.34. The van der Waals surface area contributed by atoms with Crippen molar-refractivity contribution in [3.63, 3.8) is 0 Å². The summed E-state index contributed by atoms with van der Waals surface area (Å²) < 4.78 is 42.4. The monoisotopic (exact) mass is 258 g/mol. The maximum atomic E-state index is 12.5. The van der Waals surface area contributed by atoms with Crippen LogP contribution in [0.4, 0.5) is 13.2 Å². The van der Waals surface area contributed by atoms with Crippen molar-refractivity contribution in [2.24, 2.45) is 0 Å². The molecule has 1 rings (SSSR count). The van der Waals surface area contributed by atoms with E-state index in [9.17, 15) is 18.0 Å². The van der Waals surface area contributed by atoms with Crippen molar-refractivity contribution in [2.75, 3.05) is 7.11 Å². The summed E-state index contributed by atoms with van der Waals surface area (Å²) in [6.07, 6.45) is -4.07. The second-order valence-corrected chi connectivity index (χ2v) is 3.62. The molecule has 0 bridgehead atoms. The van der Waals surface area contributed by atoms with Crippen LogP contribution in [-0.2, 0) is 0 Å². The van der Waals surface area contributed by atoms with Crippen molar-refractivity contribution in [2.45, 2.75) is 19.5 Å². The third-order valence-electron chi connectivity index (χ3n) is 2.40. The Labute approximate surface area is 103 Å². The highest BCUT2D eigenvalue weighted by molar-refractivity contribution is 6.05. The Morgan fingerprint density at radius 3 is 2.56 bits per heavy atom. The van der Waals surface area contributed by atoms with E-state index in [1.807, 2.05) is 0 Å². The number of ketones is 1. The lowest BCUT2D eigenvalue weighted by molar-refractivity contribution is -0.0936. The van der Waals surface area contributed by atoms with Crippen molar-refractivity contribution < 1.29 is 22.7 Å². The quantitative estimate of drug-likeness (QED) is 0.607. The topological polar surface area (TPSA) is 26.3 Å². The zero-order valence-corrected chi connectivity index (χ0v) is 10.0. The normalized spacial score (nSPS) is 12.4. The Morgan fingerprint density at radius 1 is 1.39 bits per heavy atom. The second kappa shape index (κ2) is 5.71. The molecular formula is C13H13F3O2. The fraction of sp³-hybridized carbons (Fsp3) is 0.308. The van der Waals surface area contributed by atoms with Gasteiger partial charge in [0.25, 0.3) is 0 Å². The number of alkyl halides is 3. The molecule has 18 heavy (non-hydrogen) atoms. The smallest absolute Gasteiger partial charge is 0.412 e. The lowest BCUT2D eigenvalue weighted by atomic mass is 10.1. The van der Waals surface area contributed by atoms with Crippen LogP contribution in [0.1, 0.15) is 23.7 Å². The van der Waals surface area contributed by atoms with Gasteiger partial charge in [-0.25, -0.2) is 0 Å². The van der Waals surface area contributed by atoms with Gasteiger partial charge in [-0.05, 0) is 24.6 Å². The summed E-state index contributed by atoms with van der Waals surface area (Å²) >= 11 is 0. The van der Waals surface area contributed by atoms with E-state index in [-0.39, 0.29) is 12.0 Å². The van der Waals surface area contributed by atoms with Gasteiger partial charge in [-0.3, -0.25) is 4.79 Å². The Morgan fingerprint density at radius 2 is 2.06 bits per heavy atom. The number of halogens is 3. The van der Waals surface area contributed by atoms with Crippen LogP contribution in [0.15, 0.2) is 35.9 Å². The van der Waals surface area contributed by atoms with Gasteiger partial charge >= 0.3 is 6.18 Å². The highest BCUT2D eigenvalue weighted by Gasteiger charge is 2.32. The minimum Gasteiger partial charge on any atom is -0.497 e. The summed E-state index contributed by atoms with van der Waals surface area (Å²) in [5.41, 5.74) is -0.667. The van der Waals surface area contributed by atoms with Crippen molar-refractivity contribution in [3.05, 3.63) is 41.5 Å². The maximum absolute atomic E-state index is 12.5. The van der Waals surface area contributed by atoms with Gasteiger partial charge in [0.15, 0.2) is 5.78 Å². The number of allylic oxidation sites excluding steroid dienone is 2. The van der Waals surface area contributed by atoms with Crippen LogP contribution >= 0.6 is 0 Å². The first-order valence-corrected chi connectivity index (χ1v) is 5.34. The zero-order chi connectivity index (χ0) is 13.8. The minimum atomic E-state index is -4.47. The number of carbonyl (C=O) groups is 1. The molecule has 1 aromatic rings.